The first-order valence-electron chi connectivity index (χ1n) is 10.3. The molecule has 0 amide bonds. The summed E-state index contributed by atoms with van der Waals surface area (Å²) in [6.45, 7) is 0.400. The Kier molecular flexibility index (Phi) is 5.93. The third-order valence-electron chi connectivity index (χ3n) is 5.16. The molecule has 0 fully saturated rings. The molecule has 168 valence electrons. The van der Waals surface area contributed by atoms with E-state index in [0.29, 0.717) is 46.1 Å². The number of benzene rings is 3. The summed E-state index contributed by atoms with van der Waals surface area (Å²) in [7, 11) is 0. The van der Waals surface area contributed by atoms with Gasteiger partial charge in [-0.3, -0.25) is 4.79 Å². The molecule has 5 rings (SSSR count). The summed E-state index contributed by atoms with van der Waals surface area (Å²) >= 11 is 6.43. The number of carbonyl (C=O) groups excluding carboxylic acids is 1. The van der Waals surface area contributed by atoms with Crippen molar-refractivity contribution in [1.29, 1.82) is 0 Å². The number of hydrogen-bond donors (Lipinski definition) is 1. The Morgan fingerprint density at radius 1 is 1.03 bits per heavy atom. The number of furan rings is 1. The van der Waals surface area contributed by atoms with Crippen molar-refractivity contribution in [2.75, 3.05) is 5.32 Å². The Bertz CT molecular complexity index is 1490. The van der Waals surface area contributed by atoms with E-state index in [9.17, 15) is 9.18 Å². The molecule has 3 aromatic carbocycles. The van der Waals surface area contributed by atoms with Gasteiger partial charge in [-0.15, -0.1) is 0 Å². The summed E-state index contributed by atoms with van der Waals surface area (Å²) in [6, 6.07) is 21.0. The average Bonchev–Trinajstić information content (AvgIpc) is 3.33. The second-order valence-corrected chi connectivity index (χ2v) is 7.84. The van der Waals surface area contributed by atoms with Gasteiger partial charge in [0, 0.05) is 17.1 Å². The highest BCUT2D eigenvalue weighted by Gasteiger charge is 2.15. The van der Waals surface area contributed by atoms with Crippen LogP contribution in [-0.4, -0.2) is 16.3 Å². The summed E-state index contributed by atoms with van der Waals surface area (Å²) < 4.78 is 25.9. The molecule has 0 unspecified atom stereocenters. The van der Waals surface area contributed by atoms with E-state index in [1.165, 1.54) is 18.5 Å². The van der Waals surface area contributed by atoms with Crippen LogP contribution in [0.3, 0.4) is 0 Å². The van der Waals surface area contributed by atoms with E-state index in [1.54, 1.807) is 24.3 Å². The lowest BCUT2D eigenvalue weighted by atomic mass is 10.1. The number of rotatable bonds is 7. The standard InChI is InChI=1S/C26H17ClFN3O3/c27-21-10-17(6-8-25(21)33-14-16-4-2-1-3-5-16)31-26-20-11-19(24-9-7-18(13-32)34-24)22(28)12-23(20)29-15-30-26/h1-13,15H,14H2,(H,29,30,31). The molecule has 34 heavy (non-hydrogen) atoms. The van der Waals surface area contributed by atoms with Crippen LogP contribution in [0.1, 0.15) is 16.1 Å². The molecule has 0 saturated heterocycles. The molecule has 8 heteroatoms. The minimum atomic E-state index is -0.521. The van der Waals surface area contributed by atoms with Gasteiger partial charge in [0.1, 0.15) is 36.1 Å². The Balaban J connectivity index is 1.42. The van der Waals surface area contributed by atoms with Gasteiger partial charge in [0.15, 0.2) is 12.0 Å². The Morgan fingerprint density at radius 2 is 1.88 bits per heavy atom. The zero-order valence-corrected chi connectivity index (χ0v) is 18.4. The molecule has 2 aromatic heterocycles. The molecule has 0 aliphatic rings. The van der Waals surface area contributed by atoms with Gasteiger partial charge in [-0.2, -0.15) is 0 Å². The number of hydrogen-bond acceptors (Lipinski definition) is 6. The van der Waals surface area contributed by atoms with Gasteiger partial charge in [0.2, 0.25) is 0 Å². The maximum absolute atomic E-state index is 14.7. The molecule has 0 bridgehead atoms. The first-order valence-corrected chi connectivity index (χ1v) is 10.7. The maximum Gasteiger partial charge on any atom is 0.185 e. The second-order valence-electron chi connectivity index (χ2n) is 7.44. The third kappa shape index (κ3) is 4.46. The molecule has 0 radical (unpaired) electrons. The van der Waals surface area contributed by atoms with Crippen LogP contribution in [0.2, 0.25) is 5.02 Å². The number of aromatic nitrogens is 2. The summed E-state index contributed by atoms with van der Waals surface area (Å²) in [5.74, 6) is 0.840. The van der Waals surface area contributed by atoms with E-state index in [-0.39, 0.29) is 17.1 Å². The number of anilines is 2. The lowest BCUT2D eigenvalue weighted by molar-refractivity contribution is 0.110. The molecule has 0 atom stereocenters. The molecule has 2 heterocycles. The van der Waals surface area contributed by atoms with Gasteiger partial charge in [-0.25, -0.2) is 14.4 Å². The normalized spacial score (nSPS) is 10.9. The highest BCUT2D eigenvalue weighted by Crippen LogP contribution is 2.33. The van der Waals surface area contributed by atoms with Crippen molar-refractivity contribution in [3.8, 4) is 17.1 Å². The number of nitrogens with one attached hydrogen (secondary N) is 1. The van der Waals surface area contributed by atoms with E-state index in [4.69, 9.17) is 20.8 Å². The molecule has 1 N–H and O–H groups in total. The zero-order valence-electron chi connectivity index (χ0n) is 17.7. The largest absolute Gasteiger partial charge is 0.487 e. The fraction of sp³-hybridized carbons (Fsp3) is 0.0385. The van der Waals surface area contributed by atoms with Crippen molar-refractivity contribution in [1.82, 2.24) is 9.97 Å². The number of ether oxygens (including phenoxy) is 1. The van der Waals surface area contributed by atoms with Crippen LogP contribution in [0.15, 0.2) is 83.5 Å². The smallest absolute Gasteiger partial charge is 0.185 e. The first-order chi connectivity index (χ1) is 16.6. The van der Waals surface area contributed by atoms with Gasteiger partial charge in [0.05, 0.1) is 16.1 Å². The molecule has 0 aliphatic heterocycles. The van der Waals surface area contributed by atoms with Crippen LogP contribution >= 0.6 is 11.6 Å². The van der Waals surface area contributed by atoms with Crippen LogP contribution in [-0.2, 0) is 6.61 Å². The number of fused-ring (bicyclic) bond motifs is 1. The van der Waals surface area contributed by atoms with Crippen LogP contribution in [0.25, 0.3) is 22.2 Å². The van der Waals surface area contributed by atoms with Crippen molar-refractivity contribution >= 4 is 40.3 Å². The van der Waals surface area contributed by atoms with Crippen molar-refractivity contribution < 1.29 is 18.3 Å². The van der Waals surface area contributed by atoms with Gasteiger partial charge in [-0.05, 0) is 42.0 Å². The van der Waals surface area contributed by atoms with Crippen LogP contribution in [0, 0.1) is 5.82 Å². The fourth-order valence-corrected chi connectivity index (χ4v) is 3.73. The van der Waals surface area contributed by atoms with Gasteiger partial charge >= 0.3 is 0 Å². The summed E-state index contributed by atoms with van der Waals surface area (Å²) in [4.78, 5) is 19.4. The molecule has 0 aliphatic carbocycles. The maximum atomic E-state index is 14.7. The minimum absolute atomic E-state index is 0.112. The summed E-state index contributed by atoms with van der Waals surface area (Å²) in [5, 5.41) is 4.21. The SMILES string of the molecule is O=Cc1ccc(-c2cc3c(Nc4ccc(OCc5ccccc5)c(Cl)c4)ncnc3cc2F)o1. The predicted molar refractivity (Wildman–Crippen MR) is 128 cm³/mol. The van der Waals surface area contributed by atoms with E-state index in [2.05, 4.69) is 15.3 Å². The van der Waals surface area contributed by atoms with Gasteiger partial charge in [-0.1, -0.05) is 41.9 Å². The summed E-state index contributed by atoms with van der Waals surface area (Å²) in [5.41, 5.74) is 2.31. The lowest BCUT2D eigenvalue weighted by Crippen LogP contribution is -1.99. The zero-order chi connectivity index (χ0) is 23.5. The number of nitrogens with zero attached hydrogens (tertiary/aromatic N) is 2. The lowest BCUT2D eigenvalue weighted by Gasteiger charge is -2.12. The molecule has 0 spiro atoms. The van der Waals surface area contributed by atoms with E-state index >= 15 is 0 Å². The highest BCUT2D eigenvalue weighted by atomic mass is 35.5. The number of aldehydes is 1. The topological polar surface area (TPSA) is 77.2 Å². The molecular formula is C26H17ClFN3O3. The highest BCUT2D eigenvalue weighted by molar-refractivity contribution is 6.32. The summed E-state index contributed by atoms with van der Waals surface area (Å²) in [6.07, 6.45) is 1.91. The van der Waals surface area contributed by atoms with Crippen LogP contribution < -0.4 is 10.1 Å². The van der Waals surface area contributed by atoms with E-state index < -0.39 is 5.82 Å². The van der Waals surface area contributed by atoms with Crippen molar-refractivity contribution in [2.24, 2.45) is 0 Å². The van der Waals surface area contributed by atoms with Gasteiger partial charge in [0.25, 0.3) is 0 Å². The molecule has 0 saturated carbocycles. The van der Waals surface area contributed by atoms with E-state index in [0.717, 1.165) is 5.56 Å². The van der Waals surface area contributed by atoms with E-state index in [1.807, 2.05) is 36.4 Å². The van der Waals surface area contributed by atoms with Crippen LogP contribution in [0.5, 0.6) is 5.75 Å². The average molecular weight is 474 g/mol. The monoisotopic (exact) mass is 473 g/mol. The van der Waals surface area contributed by atoms with Crippen molar-refractivity contribution in [3.05, 3.63) is 101 Å². The number of halogens is 2. The van der Waals surface area contributed by atoms with Crippen molar-refractivity contribution in [3.63, 3.8) is 0 Å². The predicted octanol–water partition coefficient (Wildman–Crippen LogP) is 6.82. The first kappa shape index (κ1) is 21.6. The second kappa shape index (κ2) is 9.33. The fourth-order valence-electron chi connectivity index (χ4n) is 3.49. The van der Waals surface area contributed by atoms with Crippen molar-refractivity contribution in [2.45, 2.75) is 6.61 Å². The quantitative estimate of drug-likeness (QED) is 0.261. The number of carbonyl (C=O) groups is 1. The molecule has 5 aromatic rings. The Morgan fingerprint density at radius 3 is 2.65 bits per heavy atom. The molecular weight excluding hydrogens is 457 g/mol. The molecule has 6 nitrogen and oxygen atoms in total. The van der Waals surface area contributed by atoms with Crippen LogP contribution in [0.4, 0.5) is 15.9 Å². The third-order valence-corrected chi connectivity index (χ3v) is 5.46. The minimum Gasteiger partial charge on any atom is -0.487 e. The Labute approximate surface area is 199 Å². The van der Waals surface area contributed by atoms with Gasteiger partial charge < -0.3 is 14.5 Å². The Hall–Kier alpha value is -4.23.